The van der Waals surface area contributed by atoms with Crippen LogP contribution in [0.2, 0.25) is 5.02 Å². The van der Waals surface area contributed by atoms with Crippen molar-refractivity contribution in [1.29, 1.82) is 0 Å². The Hall–Kier alpha value is -1.20. The van der Waals surface area contributed by atoms with Gasteiger partial charge in [-0.3, -0.25) is 0 Å². The van der Waals surface area contributed by atoms with E-state index in [9.17, 15) is 0 Å². The third-order valence-corrected chi connectivity index (χ3v) is 4.01. The summed E-state index contributed by atoms with van der Waals surface area (Å²) in [5.74, 6) is 1.77. The van der Waals surface area contributed by atoms with Gasteiger partial charge in [0.25, 0.3) is 0 Å². The number of anilines is 1. The minimum Gasteiger partial charge on any atom is -0.424 e. The molecule has 2 aromatic rings. The van der Waals surface area contributed by atoms with Crippen molar-refractivity contribution in [1.82, 2.24) is 10.2 Å². The Kier molecular flexibility index (Phi) is 4.06. The molecule has 0 spiro atoms. The number of benzene rings is 1. The monoisotopic (exact) mass is 297 g/mol. The van der Waals surface area contributed by atoms with E-state index in [0.29, 0.717) is 28.2 Å². The first-order chi connectivity index (χ1) is 8.88. The van der Waals surface area contributed by atoms with Crippen molar-refractivity contribution in [3.05, 3.63) is 35.0 Å². The number of thioether (sulfide) groups is 1. The molecule has 0 radical (unpaired) electrons. The third kappa shape index (κ3) is 3.42. The average Bonchev–Trinajstić information content (AvgIpc) is 2.77. The smallest absolute Gasteiger partial charge is 0.226 e. The molecular weight excluding hydrogens is 282 g/mol. The Bertz CT molecular complexity index is 557. The minimum atomic E-state index is -0.140. The summed E-state index contributed by atoms with van der Waals surface area (Å²) in [5.41, 5.74) is 6.41. The summed E-state index contributed by atoms with van der Waals surface area (Å²) in [7, 11) is 0. The van der Waals surface area contributed by atoms with Gasteiger partial charge in [0.05, 0.1) is 10.8 Å². The number of halogens is 1. The van der Waals surface area contributed by atoms with E-state index in [1.807, 2.05) is 39.0 Å². The zero-order valence-corrected chi connectivity index (χ0v) is 12.7. The number of hydrogen-bond donors (Lipinski definition) is 1. The summed E-state index contributed by atoms with van der Waals surface area (Å²) in [5, 5.41) is 8.73. The molecule has 0 fully saturated rings. The van der Waals surface area contributed by atoms with E-state index in [1.165, 1.54) is 11.8 Å². The van der Waals surface area contributed by atoms with Crippen molar-refractivity contribution in [2.24, 2.45) is 0 Å². The van der Waals surface area contributed by atoms with Gasteiger partial charge < -0.3 is 10.2 Å². The third-order valence-electron chi connectivity index (χ3n) is 2.45. The number of nitrogen functional groups attached to an aromatic ring is 1. The highest BCUT2D eigenvalue weighted by molar-refractivity contribution is 7.98. The van der Waals surface area contributed by atoms with Crippen LogP contribution in [0.1, 0.15) is 32.6 Å². The summed E-state index contributed by atoms with van der Waals surface area (Å²) in [6.45, 7) is 6.09. The number of nitrogens with two attached hydrogens (primary N) is 1. The second-order valence-corrected chi connectivity index (χ2v) is 6.59. The Morgan fingerprint density at radius 2 is 2.05 bits per heavy atom. The van der Waals surface area contributed by atoms with Crippen LogP contribution in [-0.4, -0.2) is 10.2 Å². The molecule has 1 aromatic carbocycles. The molecule has 0 amide bonds. The molecule has 102 valence electrons. The molecule has 0 aliphatic rings. The van der Waals surface area contributed by atoms with Crippen LogP contribution in [0.4, 0.5) is 5.69 Å². The first-order valence-corrected chi connectivity index (χ1v) is 7.24. The van der Waals surface area contributed by atoms with Crippen LogP contribution < -0.4 is 5.73 Å². The summed E-state index contributed by atoms with van der Waals surface area (Å²) in [6.07, 6.45) is 0. The van der Waals surface area contributed by atoms with E-state index in [2.05, 4.69) is 10.2 Å². The molecule has 0 bridgehead atoms. The van der Waals surface area contributed by atoms with Crippen LogP contribution in [0.3, 0.4) is 0 Å². The van der Waals surface area contributed by atoms with E-state index in [4.69, 9.17) is 21.8 Å². The standard InChI is InChI=1S/C13H16ClN3OS/c1-13(2,3)12-17-16-10(18-12)7-19-11-8(14)5-4-6-9(11)15/h4-6H,7,15H2,1-3H3. The van der Waals surface area contributed by atoms with Crippen LogP contribution in [0.15, 0.2) is 27.5 Å². The summed E-state index contributed by atoms with van der Waals surface area (Å²) < 4.78 is 5.62. The largest absolute Gasteiger partial charge is 0.424 e. The van der Waals surface area contributed by atoms with E-state index in [0.717, 1.165) is 4.90 Å². The van der Waals surface area contributed by atoms with Crippen molar-refractivity contribution in [2.45, 2.75) is 36.8 Å². The fraction of sp³-hybridized carbons (Fsp3) is 0.385. The maximum absolute atomic E-state index is 6.11. The molecule has 0 aliphatic carbocycles. The quantitative estimate of drug-likeness (QED) is 0.687. The van der Waals surface area contributed by atoms with Crippen molar-refractivity contribution in [3.63, 3.8) is 0 Å². The Labute approximate surface area is 121 Å². The lowest BCUT2D eigenvalue weighted by atomic mass is 9.97. The molecule has 0 aliphatic heterocycles. The van der Waals surface area contributed by atoms with Crippen molar-refractivity contribution < 1.29 is 4.42 Å². The Morgan fingerprint density at radius 1 is 1.32 bits per heavy atom. The fourth-order valence-electron chi connectivity index (χ4n) is 1.43. The fourth-order valence-corrected chi connectivity index (χ4v) is 2.60. The first-order valence-electron chi connectivity index (χ1n) is 5.87. The van der Waals surface area contributed by atoms with Crippen LogP contribution >= 0.6 is 23.4 Å². The predicted octanol–water partition coefficient (Wildman–Crippen LogP) is 3.90. The molecule has 0 saturated carbocycles. The molecule has 2 N–H and O–H groups in total. The molecule has 0 atom stereocenters. The normalized spacial score (nSPS) is 11.8. The SMILES string of the molecule is CC(C)(C)c1nnc(CSc2c(N)cccc2Cl)o1. The van der Waals surface area contributed by atoms with E-state index in [1.54, 1.807) is 0 Å². The highest BCUT2D eigenvalue weighted by atomic mass is 35.5. The Morgan fingerprint density at radius 3 is 2.63 bits per heavy atom. The molecule has 0 saturated heterocycles. The second-order valence-electron chi connectivity index (χ2n) is 5.20. The lowest BCUT2D eigenvalue weighted by molar-refractivity contribution is 0.378. The van der Waals surface area contributed by atoms with Gasteiger partial charge >= 0.3 is 0 Å². The van der Waals surface area contributed by atoms with Crippen LogP contribution in [-0.2, 0) is 11.2 Å². The summed E-state index contributed by atoms with van der Waals surface area (Å²) >= 11 is 7.60. The van der Waals surface area contributed by atoms with Gasteiger partial charge in [-0.2, -0.15) is 0 Å². The highest BCUT2D eigenvalue weighted by Crippen LogP contribution is 2.34. The number of nitrogens with zero attached hydrogens (tertiary/aromatic N) is 2. The van der Waals surface area contributed by atoms with Crippen LogP contribution in [0.5, 0.6) is 0 Å². The zero-order chi connectivity index (χ0) is 14.0. The van der Waals surface area contributed by atoms with Gasteiger partial charge in [-0.25, -0.2) is 0 Å². The number of aromatic nitrogens is 2. The zero-order valence-electron chi connectivity index (χ0n) is 11.1. The molecule has 2 rings (SSSR count). The second kappa shape index (κ2) is 5.43. The highest BCUT2D eigenvalue weighted by Gasteiger charge is 2.21. The van der Waals surface area contributed by atoms with Crippen molar-refractivity contribution in [3.8, 4) is 0 Å². The predicted molar refractivity (Wildman–Crippen MR) is 78.4 cm³/mol. The van der Waals surface area contributed by atoms with Gasteiger partial charge in [-0.1, -0.05) is 38.4 Å². The molecule has 1 heterocycles. The van der Waals surface area contributed by atoms with Gasteiger partial charge in [-0.05, 0) is 12.1 Å². The van der Waals surface area contributed by atoms with Gasteiger partial charge in [0.15, 0.2) is 0 Å². The van der Waals surface area contributed by atoms with Gasteiger partial charge in [0, 0.05) is 16.0 Å². The van der Waals surface area contributed by atoms with Gasteiger partial charge in [0.2, 0.25) is 11.8 Å². The molecular formula is C13H16ClN3OS. The molecule has 4 nitrogen and oxygen atoms in total. The van der Waals surface area contributed by atoms with Crippen LogP contribution in [0.25, 0.3) is 0 Å². The van der Waals surface area contributed by atoms with Crippen molar-refractivity contribution >= 4 is 29.1 Å². The first kappa shape index (κ1) is 14.2. The van der Waals surface area contributed by atoms with Gasteiger partial charge in [-0.15, -0.1) is 22.0 Å². The molecule has 1 aromatic heterocycles. The summed E-state index contributed by atoms with van der Waals surface area (Å²) in [4.78, 5) is 0.847. The lowest BCUT2D eigenvalue weighted by Gasteiger charge is -2.11. The van der Waals surface area contributed by atoms with E-state index >= 15 is 0 Å². The summed E-state index contributed by atoms with van der Waals surface area (Å²) in [6, 6.07) is 5.46. The van der Waals surface area contributed by atoms with Crippen LogP contribution in [0, 0.1) is 0 Å². The Balaban J connectivity index is 2.09. The lowest BCUT2D eigenvalue weighted by Crippen LogP contribution is -2.11. The van der Waals surface area contributed by atoms with E-state index in [-0.39, 0.29) is 5.41 Å². The molecule has 19 heavy (non-hydrogen) atoms. The number of rotatable bonds is 3. The average molecular weight is 298 g/mol. The minimum absolute atomic E-state index is 0.140. The number of hydrogen-bond acceptors (Lipinski definition) is 5. The topological polar surface area (TPSA) is 64.9 Å². The molecule has 6 heteroatoms. The maximum atomic E-state index is 6.11. The molecule has 0 unspecified atom stereocenters. The van der Waals surface area contributed by atoms with E-state index < -0.39 is 0 Å². The van der Waals surface area contributed by atoms with Gasteiger partial charge in [0.1, 0.15) is 0 Å². The maximum Gasteiger partial charge on any atom is 0.226 e. The van der Waals surface area contributed by atoms with Crippen molar-refractivity contribution in [2.75, 3.05) is 5.73 Å².